The lowest BCUT2D eigenvalue weighted by molar-refractivity contribution is -0.137. The zero-order valence-electron chi connectivity index (χ0n) is 11.0. The molecule has 0 saturated heterocycles. The van der Waals surface area contributed by atoms with Crippen LogP contribution in [0.2, 0.25) is 5.02 Å². The van der Waals surface area contributed by atoms with Gasteiger partial charge in [0.1, 0.15) is 0 Å². The van der Waals surface area contributed by atoms with Gasteiger partial charge in [-0.15, -0.1) is 0 Å². The molecule has 0 saturated carbocycles. The molecule has 2 aromatic rings. The van der Waals surface area contributed by atoms with Gasteiger partial charge in [-0.05, 0) is 58.7 Å². The summed E-state index contributed by atoms with van der Waals surface area (Å²) in [5, 5.41) is 3.69. The van der Waals surface area contributed by atoms with Crippen molar-refractivity contribution >= 4 is 33.2 Å². The number of hydrogen-bond donors (Lipinski definition) is 1. The maximum Gasteiger partial charge on any atom is 0.416 e. The maximum absolute atomic E-state index is 12.7. The van der Waals surface area contributed by atoms with Crippen molar-refractivity contribution in [1.82, 2.24) is 0 Å². The zero-order valence-corrected chi connectivity index (χ0v) is 13.4. The molecule has 2 rings (SSSR count). The van der Waals surface area contributed by atoms with Crippen LogP contribution >= 0.6 is 27.5 Å². The van der Waals surface area contributed by atoms with Crippen LogP contribution in [-0.2, 0) is 6.18 Å². The van der Waals surface area contributed by atoms with Crippen molar-refractivity contribution in [3.8, 4) is 0 Å². The summed E-state index contributed by atoms with van der Waals surface area (Å²) in [4.78, 5) is 0. The fraction of sp³-hybridized carbons (Fsp3) is 0.200. The average Bonchev–Trinajstić information content (AvgIpc) is 2.40. The van der Waals surface area contributed by atoms with E-state index >= 15 is 0 Å². The third-order valence-corrected chi connectivity index (χ3v) is 3.98. The second-order valence-corrected chi connectivity index (χ2v) is 5.90. The predicted molar refractivity (Wildman–Crippen MR) is 82.6 cm³/mol. The highest BCUT2D eigenvalue weighted by atomic mass is 79.9. The maximum atomic E-state index is 12.7. The van der Waals surface area contributed by atoms with Gasteiger partial charge in [-0.3, -0.25) is 0 Å². The van der Waals surface area contributed by atoms with Gasteiger partial charge in [-0.2, -0.15) is 13.2 Å². The van der Waals surface area contributed by atoms with Crippen LogP contribution in [-0.4, -0.2) is 0 Å². The molecular formula is C15H12BrClF3N. The number of rotatable bonds is 3. The summed E-state index contributed by atoms with van der Waals surface area (Å²) in [6.45, 7) is 1.87. The topological polar surface area (TPSA) is 12.0 Å². The second kappa shape index (κ2) is 6.28. The molecule has 0 aliphatic rings. The highest BCUT2D eigenvalue weighted by molar-refractivity contribution is 9.10. The molecule has 112 valence electrons. The Labute approximate surface area is 134 Å². The van der Waals surface area contributed by atoms with E-state index in [-0.39, 0.29) is 6.04 Å². The van der Waals surface area contributed by atoms with E-state index in [0.29, 0.717) is 15.2 Å². The number of anilines is 1. The lowest BCUT2D eigenvalue weighted by Crippen LogP contribution is -2.10. The molecule has 0 fully saturated rings. The first kappa shape index (κ1) is 16.2. The van der Waals surface area contributed by atoms with Crippen molar-refractivity contribution in [3.05, 3.63) is 63.1 Å². The fourth-order valence-electron chi connectivity index (χ4n) is 1.88. The Morgan fingerprint density at radius 3 is 2.29 bits per heavy atom. The SMILES string of the molecule is CC(Nc1cc(C(F)(F)F)ccc1Br)c1ccc(Cl)cc1. The third-order valence-electron chi connectivity index (χ3n) is 3.04. The quantitative estimate of drug-likeness (QED) is 0.661. The van der Waals surface area contributed by atoms with Crippen molar-refractivity contribution in [3.63, 3.8) is 0 Å². The molecule has 0 radical (unpaired) electrons. The van der Waals surface area contributed by atoms with E-state index < -0.39 is 11.7 Å². The lowest BCUT2D eigenvalue weighted by Gasteiger charge is -2.18. The Kier molecular flexibility index (Phi) is 4.84. The van der Waals surface area contributed by atoms with E-state index in [4.69, 9.17) is 11.6 Å². The van der Waals surface area contributed by atoms with Crippen molar-refractivity contribution in [1.29, 1.82) is 0 Å². The van der Waals surface area contributed by atoms with E-state index in [9.17, 15) is 13.2 Å². The Balaban J connectivity index is 2.24. The summed E-state index contributed by atoms with van der Waals surface area (Å²) in [6.07, 6.45) is -4.36. The Morgan fingerprint density at radius 1 is 1.10 bits per heavy atom. The minimum atomic E-state index is -4.36. The zero-order chi connectivity index (χ0) is 15.6. The summed E-state index contributed by atoms with van der Waals surface area (Å²) < 4.78 is 38.8. The fourth-order valence-corrected chi connectivity index (χ4v) is 2.37. The highest BCUT2D eigenvalue weighted by Gasteiger charge is 2.31. The van der Waals surface area contributed by atoms with Crippen molar-refractivity contribution in [2.75, 3.05) is 5.32 Å². The largest absolute Gasteiger partial charge is 0.416 e. The summed E-state index contributed by atoms with van der Waals surface area (Å²) in [5.74, 6) is 0. The van der Waals surface area contributed by atoms with Crippen LogP contribution in [0.25, 0.3) is 0 Å². The second-order valence-electron chi connectivity index (χ2n) is 4.61. The van der Waals surface area contributed by atoms with Gasteiger partial charge < -0.3 is 5.32 Å². The van der Waals surface area contributed by atoms with Crippen LogP contribution in [0.4, 0.5) is 18.9 Å². The van der Waals surface area contributed by atoms with E-state index in [0.717, 1.165) is 17.7 Å². The molecule has 1 nitrogen and oxygen atoms in total. The monoisotopic (exact) mass is 377 g/mol. The van der Waals surface area contributed by atoms with Gasteiger partial charge in [0.2, 0.25) is 0 Å². The van der Waals surface area contributed by atoms with Crippen LogP contribution in [0.1, 0.15) is 24.1 Å². The molecule has 1 unspecified atom stereocenters. The number of benzene rings is 2. The van der Waals surface area contributed by atoms with Crippen LogP contribution in [0.3, 0.4) is 0 Å². The lowest BCUT2D eigenvalue weighted by atomic mass is 10.1. The number of hydrogen-bond acceptors (Lipinski definition) is 1. The first-order chi connectivity index (χ1) is 9.77. The molecule has 21 heavy (non-hydrogen) atoms. The van der Waals surface area contributed by atoms with Crippen LogP contribution in [0.15, 0.2) is 46.9 Å². The van der Waals surface area contributed by atoms with Gasteiger partial charge in [-0.1, -0.05) is 23.7 Å². The summed E-state index contributed by atoms with van der Waals surface area (Å²) in [7, 11) is 0. The van der Waals surface area contributed by atoms with Gasteiger partial charge in [-0.25, -0.2) is 0 Å². The van der Waals surface area contributed by atoms with Crippen molar-refractivity contribution in [2.45, 2.75) is 19.1 Å². The van der Waals surface area contributed by atoms with Crippen LogP contribution in [0.5, 0.6) is 0 Å². The van der Waals surface area contributed by atoms with Gasteiger partial charge in [0.15, 0.2) is 0 Å². The van der Waals surface area contributed by atoms with Crippen LogP contribution < -0.4 is 5.32 Å². The Hall–Kier alpha value is -1.20. The first-order valence-corrected chi connectivity index (χ1v) is 7.33. The Morgan fingerprint density at radius 2 is 1.71 bits per heavy atom. The number of halogens is 5. The molecule has 6 heteroatoms. The molecule has 0 aliphatic heterocycles. The highest BCUT2D eigenvalue weighted by Crippen LogP contribution is 2.35. The van der Waals surface area contributed by atoms with E-state index in [2.05, 4.69) is 21.2 Å². The minimum absolute atomic E-state index is 0.151. The normalized spacial score (nSPS) is 13.0. The van der Waals surface area contributed by atoms with Gasteiger partial charge in [0.05, 0.1) is 5.56 Å². The molecular weight excluding hydrogens is 367 g/mol. The molecule has 0 bridgehead atoms. The molecule has 0 aliphatic carbocycles. The molecule has 0 aromatic heterocycles. The predicted octanol–water partition coefficient (Wildman–Crippen LogP) is 6.29. The third kappa shape index (κ3) is 4.14. The Bertz CT molecular complexity index is 626. The summed E-state index contributed by atoms with van der Waals surface area (Å²) >= 11 is 9.08. The number of nitrogens with one attached hydrogen (secondary N) is 1. The molecule has 0 amide bonds. The van der Waals surface area contributed by atoms with Gasteiger partial charge in [0, 0.05) is 21.2 Å². The summed E-state index contributed by atoms with van der Waals surface area (Å²) in [6, 6.07) is 10.5. The van der Waals surface area contributed by atoms with E-state index in [1.807, 2.05) is 19.1 Å². The van der Waals surface area contributed by atoms with Crippen molar-refractivity contribution in [2.24, 2.45) is 0 Å². The molecule has 2 aromatic carbocycles. The van der Waals surface area contributed by atoms with Gasteiger partial charge >= 0.3 is 6.18 Å². The minimum Gasteiger partial charge on any atom is -0.378 e. The van der Waals surface area contributed by atoms with E-state index in [1.54, 1.807) is 12.1 Å². The van der Waals surface area contributed by atoms with Crippen LogP contribution in [0, 0.1) is 0 Å². The van der Waals surface area contributed by atoms with Crippen molar-refractivity contribution < 1.29 is 13.2 Å². The standard InChI is InChI=1S/C15H12BrClF3N/c1-9(10-2-5-12(17)6-3-10)21-14-8-11(15(18,19)20)4-7-13(14)16/h2-9,21H,1H3. The molecule has 0 spiro atoms. The molecule has 1 atom stereocenters. The van der Waals surface area contributed by atoms with E-state index in [1.165, 1.54) is 6.07 Å². The molecule has 1 N–H and O–H groups in total. The average molecular weight is 379 g/mol. The smallest absolute Gasteiger partial charge is 0.378 e. The van der Waals surface area contributed by atoms with Gasteiger partial charge in [0.25, 0.3) is 0 Å². The first-order valence-electron chi connectivity index (χ1n) is 6.16. The number of alkyl halides is 3. The molecule has 0 heterocycles. The summed E-state index contributed by atoms with van der Waals surface area (Å²) in [5.41, 5.74) is 0.646.